The third-order valence-electron chi connectivity index (χ3n) is 11.7. The van der Waals surface area contributed by atoms with Gasteiger partial charge < -0.3 is 34.0 Å². The number of benzene rings is 3. The Hall–Kier alpha value is -5.57. The second-order valence-electron chi connectivity index (χ2n) is 15.5. The Balaban J connectivity index is 1.58. The molecular weight excluding hydrogens is 786 g/mol. The van der Waals surface area contributed by atoms with Gasteiger partial charge in [0.15, 0.2) is 0 Å². The van der Waals surface area contributed by atoms with Crippen molar-refractivity contribution in [3.63, 3.8) is 0 Å². The summed E-state index contributed by atoms with van der Waals surface area (Å²) in [6.07, 6.45) is 9.28. The van der Waals surface area contributed by atoms with Gasteiger partial charge in [-0.3, -0.25) is 15.0 Å². The van der Waals surface area contributed by atoms with Gasteiger partial charge in [-0.05, 0) is 104 Å². The van der Waals surface area contributed by atoms with Crippen molar-refractivity contribution in [1.82, 2.24) is 4.90 Å². The van der Waals surface area contributed by atoms with Crippen LogP contribution in [0.3, 0.4) is 0 Å². The second kappa shape index (κ2) is 21.3. The SMILES string of the molecule is C=CCOc1ccc2c(c1)[C@H]1[C@H](CCCCO)[C@@H](CCCCO)C=C3C(=NOCc4ccc([N+](=O)[O-])cc4)C[C@H](N(Cc4ccc(F)cc4)C(=O)OCC)[C@@](OCC=C)(O2)[C@H]31. The predicted molar refractivity (Wildman–Crippen MR) is 227 cm³/mol. The number of unbranched alkanes of at least 4 members (excludes halogenated alkanes) is 2. The van der Waals surface area contributed by atoms with E-state index in [4.69, 9.17) is 28.9 Å². The highest BCUT2D eigenvalue weighted by Crippen LogP contribution is 2.62. The van der Waals surface area contributed by atoms with Crippen LogP contribution in [0, 0.1) is 33.7 Å². The van der Waals surface area contributed by atoms with Crippen molar-refractivity contribution in [1.29, 1.82) is 0 Å². The van der Waals surface area contributed by atoms with E-state index in [1.54, 1.807) is 48.2 Å². The van der Waals surface area contributed by atoms with Gasteiger partial charge in [-0.1, -0.05) is 54.9 Å². The fraction of sp³-hybridized carbons (Fsp3) is 0.447. The summed E-state index contributed by atoms with van der Waals surface area (Å²) >= 11 is 0. The summed E-state index contributed by atoms with van der Waals surface area (Å²) in [7, 11) is 0. The number of aliphatic hydroxyl groups is 2. The lowest BCUT2D eigenvalue weighted by atomic mass is 9.55. The van der Waals surface area contributed by atoms with E-state index in [1.165, 1.54) is 24.3 Å². The van der Waals surface area contributed by atoms with Crippen molar-refractivity contribution in [2.75, 3.05) is 33.0 Å². The molecule has 13 nitrogen and oxygen atoms in total. The highest BCUT2D eigenvalue weighted by Gasteiger charge is 2.65. The average molecular weight is 842 g/mol. The number of carbonyl (C=O) groups is 1. The molecule has 1 saturated carbocycles. The van der Waals surface area contributed by atoms with Crippen molar-refractivity contribution in [3.05, 3.63) is 136 Å². The van der Waals surface area contributed by atoms with E-state index in [1.807, 2.05) is 18.2 Å². The highest BCUT2D eigenvalue weighted by atomic mass is 19.1. The lowest BCUT2D eigenvalue weighted by Crippen LogP contribution is -2.70. The van der Waals surface area contributed by atoms with Crippen LogP contribution >= 0.6 is 0 Å². The molecule has 1 aliphatic heterocycles. The molecule has 2 aliphatic carbocycles. The maximum absolute atomic E-state index is 14.4. The molecule has 0 spiro atoms. The van der Waals surface area contributed by atoms with Crippen molar-refractivity contribution in [2.45, 2.75) is 82.8 Å². The first-order valence-electron chi connectivity index (χ1n) is 21.0. The first kappa shape index (κ1) is 45.0. The lowest BCUT2D eigenvalue weighted by Gasteiger charge is -2.59. The summed E-state index contributed by atoms with van der Waals surface area (Å²) in [4.78, 5) is 32.9. The van der Waals surface area contributed by atoms with Crippen LogP contribution in [0.4, 0.5) is 14.9 Å². The normalized spacial score (nSPS) is 23.1. The van der Waals surface area contributed by atoms with Gasteiger partial charge in [0.1, 0.15) is 36.6 Å². The minimum absolute atomic E-state index is 0.000839. The van der Waals surface area contributed by atoms with Gasteiger partial charge in [-0.15, -0.1) is 6.58 Å². The summed E-state index contributed by atoms with van der Waals surface area (Å²) < 4.78 is 40.3. The molecule has 6 atom stereocenters. The predicted octanol–water partition coefficient (Wildman–Crippen LogP) is 8.79. The van der Waals surface area contributed by atoms with Crippen LogP contribution in [-0.4, -0.2) is 76.7 Å². The average Bonchev–Trinajstić information content (AvgIpc) is 3.26. The summed E-state index contributed by atoms with van der Waals surface area (Å²) in [5.41, 5.74) is 3.54. The Morgan fingerprint density at radius 3 is 2.38 bits per heavy atom. The summed E-state index contributed by atoms with van der Waals surface area (Å²) in [5, 5.41) is 35.9. The molecule has 1 amide bonds. The fourth-order valence-electron chi connectivity index (χ4n) is 9.09. The number of fused-ring (bicyclic) bond motifs is 2. The molecule has 14 heteroatoms. The molecule has 61 heavy (non-hydrogen) atoms. The van der Waals surface area contributed by atoms with Crippen LogP contribution in [-0.2, 0) is 27.5 Å². The molecular formula is C47H56FN3O10. The van der Waals surface area contributed by atoms with Crippen LogP contribution in [0.1, 0.15) is 74.5 Å². The monoisotopic (exact) mass is 841 g/mol. The maximum Gasteiger partial charge on any atom is 0.410 e. The van der Waals surface area contributed by atoms with E-state index >= 15 is 0 Å². The third kappa shape index (κ3) is 10.3. The Bertz CT molecular complexity index is 2040. The molecule has 3 aromatic carbocycles. The second-order valence-corrected chi connectivity index (χ2v) is 15.5. The number of rotatable bonds is 22. The first-order chi connectivity index (χ1) is 29.7. The van der Waals surface area contributed by atoms with E-state index < -0.39 is 34.6 Å². The van der Waals surface area contributed by atoms with E-state index in [0.717, 1.165) is 36.8 Å². The Morgan fingerprint density at radius 1 is 1.00 bits per heavy atom. The number of hydrogen-bond acceptors (Lipinski definition) is 11. The van der Waals surface area contributed by atoms with Gasteiger partial charge >= 0.3 is 6.09 Å². The molecule has 1 heterocycles. The molecule has 3 aliphatic rings. The molecule has 0 radical (unpaired) electrons. The van der Waals surface area contributed by atoms with E-state index in [9.17, 15) is 29.5 Å². The molecule has 1 fully saturated rings. The fourth-order valence-corrected chi connectivity index (χ4v) is 9.09. The zero-order valence-electron chi connectivity index (χ0n) is 34.7. The Kier molecular flexibility index (Phi) is 15.7. The van der Waals surface area contributed by atoms with Gasteiger partial charge in [-0.2, -0.15) is 0 Å². The molecule has 6 rings (SSSR count). The number of nitrogens with zero attached hydrogens (tertiary/aromatic N) is 3. The smallest absolute Gasteiger partial charge is 0.410 e. The molecule has 2 N–H and O–H groups in total. The molecule has 0 aromatic heterocycles. The first-order valence-corrected chi connectivity index (χ1v) is 21.0. The summed E-state index contributed by atoms with van der Waals surface area (Å²) in [5.74, 6) is -1.68. The Morgan fingerprint density at radius 2 is 1.70 bits per heavy atom. The Labute approximate surface area is 356 Å². The van der Waals surface area contributed by atoms with Crippen LogP contribution < -0.4 is 9.47 Å². The third-order valence-corrected chi connectivity index (χ3v) is 11.7. The van der Waals surface area contributed by atoms with E-state index in [-0.39, 0.29) is 76.0 Å². The van der Waals surface area contributed by atoms with Gasteiger partial charge in [-0.25, -0.2) is 9.18 Å². The van der Waals surface area contributed by atoms with Gasteiger partial charge in [0.2, 0.25) is 5.79 Å². The topological polar surface area (TPSA) is 162 Å². The minimum atomic E-state index is -1.54. The maximum atomic E-state index is 14.4. The number of hydrogen-bond donors (Lipinski definition) is 2. The summed E-state index contributed by atoms with van der Waals surface area (Å²) in [6.45, 7) is 10.1. The van der Waals surface area contributed by atoms with Crippen LogP contribution in [0.25, 0.3) is 0 Å². The minimum Gasteiger partial charge on any atom is -0.490 e. The number of amides is 1. The van der Waals surface area contributed by atoms with Crippen LogP contribution in [0.5, 0.6) is 11.5 Å². The number of allylic oxidation sites excluding steroid dienone is 1. The molecule has 326 valence electrons. The largest absolute Gasteiger partial charge is 0.490 e. The number of ether oxygens (including phenoxy) is 4. The molecule has 3 aromatic rings. The number of oxime groups is 1. The van der Waals surface area contributed by atoms with Gasteiger partial charge in [0.25, 0.3) is 5.69 Å². The van der Waals surface area contributed by atoms with Gasteiger partial charge in [0.05, 0.1) is 29.8 Å². The number of aliphatic hydroxyl groups excluding tert-OH is 2. The van der Waals surface area contributed by atoms with E-state index in [2.05, 4.69) is 19.2 Å². The van der Waals surface area contributed by atoms with Crippen molar-refractivity contribution < 1.29 is 48.1 Å². The van der Waals surface area contributed by atoms with Crippen molar-refractivity contribution in [2.24, 2.45) is 22.9 Å². The van der Waals surface area contributed by atoms with Crippen LogP contribution in [0.2, 0.25) is 0 Å². The number of nitro benzene ring substituents is 1. The molecule has 0 bridgehead atoms. The summed E-state index contributed by atoms with van der Waals surface area (Å²) in [6, 6.07) is 16.8. The number of nitro groups is 1. The molecule has 0 saturated heterocycles. The quantitative estimate of drug-likeness (QED) is 0.0433. The van der Waals surface area contributed by atoms with Crippen molar-refractivity contribution >= 4 is 17.5 Å². The van der Waals surface area contributed by atoms with Gasteiger partial charge in [0, 0.05) is 49.8 Å². The number of halogens is 1. The van der Waals surface area contributed by atoms with Crippen molar-refractivity contribution in [3.8, 4) is 11.5 Å². The zero-order chi connectivity index (χ0) is 43.4. The standard InChI is InChI=1S/C47H56FN3O10/c1-4-25-58-37-21-22-42-40(28-37)44-38(12-8-10-24-53)34(11-7-9-23-52)27-39-41(49-60-31-33-15-19-36(20-16-33)51(55)56)29-43(47(61-42,45(39)44)59-26-5-2)50(46(54)57-6-3)30-32-13-17-35(48)18-14-32/h4-5,13-22,27-28,34,38,43-45,52-53H,1-2,6-12,23-26,29-31H2,3H3/t34-,38+,43-,44+,45+,47+/m0/s1. The van der Waals surface area contributed by atoms with E-state index in [0.29, 0.717) is 41.2 Å². The number of non-ortho nitro benzene ring substituents is 1. The number of carbonyl (C=O) groups excluding carboxylic acids is 1. The van der Waals surface area contributed by atoms with Crippen LogP contribution in [0.15, 0.2) is 109 Å². The molecule has 0 unspecified atom stereocenters. The lowest BCUT2D eigenvalue weighted by molar-refractivity contribution is -0.384. The highest BCUT2D eigenvalue weighted by molar-refractivity contribution is 6.03. The zero-order valence-corrected chi connectivity index (χ0v) is 34.7.